The molecule has 0 unspecified atom stereocenters. The quantitative estimate of drug-likeness (QED) is 0.780. The molecule has 1 aliphatic rings. The minimum absolute atomic E-state index is 0.0800. The fourth-order valence-electron chi connectivity index (χ4n) is 2.93. The predicted octanol–water partition coefficient (Wildman–Crippen LogP) is 1.19. The van der Waals surface area contributed by atoms with E-state index in [0.717, 1.165) is 18.5 Å². The van der Waals surface area contributed by atoms with Crippen LogP contribution in [0.2, 0.25) is 0 Å². The van der Waals surface area contributed by atoms with Gasteiger partial charge in [0.15, 0.2) is 0 Å². The Labute approximate surface area is 151 Å². The van der Waals surface area contributed by atoms with Gasteiger partial charge in [0, 0.05) is 43.4 Å². The summed E-state index contributed by atoms with van der Waals surface area (Å²) < 4.78 is 0. The Hall–Kier alpha value is -2.25. The lowest BCUT2D eigenvalue weighted by Crippen LogP contribution is -2.56. The lowest BCUT2D eigenvalue weighted by molar-refractivity contribution is -0.134. The molecule has 0 bridgehead atoms. The van der Waals surface area contributed by atoms with E-state index >= 15 is 0 Å². The number of thiophene rings is 1. The molecule has 2 aromatic heterocycles. The Balaban J connectivity index is 1.53. The number of piperazine rings is 1. The highest BCUT2D eigenvalue weighted by atomic mass is 32.1. The zero-order valence-corrected chi connectivity index (χ0v) is 14.8. The molecule has 0 radical (unpaired) electrons. The molecule has 3 rings (SSSR count). The molecule has 25 heavy (non-hydrogen) atoms. The van der Waals surface area contributed by atoms with Crippen LogP contribution in [0.15, 0.2) is 42.0 Å². The molecule has 1 fully saturated rings. The maximum absolute atomic E-state index is 12.3. The molecule has 1 aliphatic heterocycles. The van der Waals surface area contributed by atoms with Gasteiger partial charge in [-0.3, -0.25) is 19.5 Å². The van der Waals surface area contributed by atoms with Crippen LogP contribution in [0.25, 0.3) is 0 Å². The Kier molecular flexibility index (Phi) is 6.14. The maximum atomic E-state index is 12.3. The summed E-state index contributed by atoms with van der Waals surface area (Å²) in [5.41, 5.74) is 1.04. The maximum Gasteiger partial charge on any atom is 0.237 e. The fraction of sp³-hybridized carbons (Fsp3) is 0.389. The van der Waals surface area contributed by atoms with E-state index in [1.54, 1.807) is 23.7 Å². The minimum Gasteiger partial charge on any atom is -0.356 e. The van der Waals surface area contributed by atoms with Crippen molar-refractivity contribution in [2.75, 3.05) is 19.6 Å². The van der Waals surface area contributed by atoms with Crippen LogP contribution >= 0.6 is 11.3 Å². The van der Waals surface area contributed by atoms with E-state index in [-0.39, 0.29) is 18.2 Å². The molecule has 7 heteroatoms. The molecule has 6 nitrogen and oxygen atoms in total. The summed E-state index contributed by atoms with van der Waals surface area (Å²) >= 11 is 1.68. The molecule has 1 atom stereocenters. The van der Waals surface area contributed by atoms with Crippen molar-refractivity contribution in [3.05, 3.63) is 52.5 Å². The number of amides is 2. The highest BCUT2D eigenvalue weighted by Gasteiger charge is 2.31. The molecular formula is C18H22N4O2S. The number of nitrogens with one attached hydrogen (secondary N) is 2. The molecule has 0 aliphatic carbocycles. The number of hydrogen-bond donors (Lipinski definition) is 2. The number of carbonyl (C=O) groups is 2. The van der Waals surface area contributed by atoms with Crippen molar-refractivity contribution < 1.29 is 9.59 Å². The van der Waals surface area contributed by atoms with Crippen molar-refractivity contribution in [2.24, 2.45) is 0 Å². The van der Waals surface area contributed by atoms with E-state index in [2.05, 4.69) is 26.6 Å². The van der Waals surface area contributed by atoms with Gasteiger partial charge in [0.1, 0.15) is 0 Å². The van der Waals surface area contributed by atoms with Crippen molar-refractivity contribution in [1.82, 2.24) is 20.5 Å². The van der Waals surface area contributed by atoms with E-state index < -0.39 is 6.04 Å². The zero-order chi connectivity index (χ0) is 17.5. The summed E-state index contributed by atoms with van der Waals surface area (Å²) in [5, 5.41) is 7.81. The summed E-state index contributed by atoms with van der Waals surface area (Å²) in [6.45, 7) is 2.55. The van der Waals surface area contributed by atoms with Gasteiger partial charge in [-0.2, -0.15) is 0 Å². The van der Waals surface area contributed by atoms with Gasteiger partial charge in [-0.25, -0.2) is 0 Å². The van der Waals surface area contributed by atoms with Crippen LogP contribution in [0.3, 0.4) is 0 Å². The molecule has 132 valence electrons. The van der Waals surface area contributed by atoms with Gasteiger partial charge in [0.05, 0.1) is 12.5 Å². The summed E-state index contributed by atoms with van der Waals surface area (Å²) in [7, 11) is 0. The summed E-state index contributed by atoms with van der Waals surface area (Å²) in [6, 6.07) is 7.49. The van der Waals surface area contributed by atoms with Crippen LogP contribution in [0.4, 0.5) is 0 Å². The third kappa shape index (κ3) is 5.11. The highest BCUT2D eigenvalue weighted by molar-refractivity contribution is 7.09. The number of rotatable bonds is 7. The molecule has 2 N–H and O–H groups in total. The monoisotopic (exact) mass is 358 g/mol. The first-order valence-electron chi connectivity index (χ1n) is 8.42. The summed E-state index contributed by atoms with van der Waals surface area (Å²) in [5.74, 6) is -0.168. The Morgan fingerprint density at radius 3 is 3.08 bits per heavy atom. The van der Waals surface area contributed by atoms with Crippen LogP contribution < -0.4 is 10.6 Å². The molecule has 2 aromatic rings. The van der Waals surface area contributed by atoms with E-state index in [4.69, 9.17) is 0 Å². The second-order valence-electron chi connectivity index (χ2n) is 6.02. The first kappa shape index (κ1) is 17.6. The molecule has 2 amide bonds. The van der Waals surface area contributed by atoms with Gasteiger partial charge >= 0.3 is 0 Å². The van der Waals surface area contributed by atoms with Gasteiger partial charge in [0.2, 0.25) is 11.8 Å². The second kappa shape index (κ2) is 8.73. The molecule has 3 heterocycles. The van der Waals surface area contributed by atoms with Crippen LogP contribution in [0.5, 0.6) is 0 Å². The van der Waals surface area contributed by atoms with Crippen LogP contribution in [0.1, 0.15) is 16.9 Å². The Morgan fingerprint density at radius 2 is 2.32 bits per heavy atom. The number of hydrogen-bond acceptors (Lipinski definition) is 5. The number of pyridine rings is 1. The zero-order valence-electron chi connectivity index (χ0n) is 14.0. The normalized spacial score (nSPS) is 17.9. The number of nitrogens with zero attached hydrogens (tertiary/aromatic N) is 2. The Bertz CT molecular complexity index is 690. The lowest BCUT2D eigenvalue weighted by atomic mass is 10.1. The average Bonchev–Trinajstić information content (AvgIpc) is 3.12. The third-order valence-electron chi connectivity index (χ3n) is 4.20. The largest absolute Gasteiger partial charge is 0.356 e. The average molecular weight is 358 g/mol. The van der Waals surface area contributed by atoms with Crippen molar-refractivity contribution in [1.29, 1.82) is 0 Å². The van der Waals surface area contributed by atoms with E-state index in [9.17, 15) is 9.59 Å². The smallest absolute Gasteiger partial charge is 0.237 e. The first-order valence-corrected chi connectivity index (χ1v) is 9.30. The van der Waals surface area contributed by atoms with Gasteiger partial charge in [-0.15, -0.1) is 11.3 Å². The summed E-state index contributed by atoms with van der Waals surface area (Å²) in [6.07, 6.45) is 4.52. The Morgan fingerprint density at radius 1 is 1.40 bits per heavy atom. The van der Waals surface area contributed by atoms with Crippen LogP contribution in [-0.4, -0.2) is 47.4 Å². The van der Waals surface area contributed by atoms with Crippen molar-refractivity contribution in [3.63, 3.8) is 0 Å². The molecule has 1 saturated heterocycles. The van der Waals surface area contributed by atoms with Crippen LogP contribution in [-0.2, 0) is 22.6 Å². The molecule has 0 spiro atoms. The second-order valence-corrected chi connectivity index (χ2v) is 7.05. The van der Waals surface area contributed by atoms with Gasteiger partial charge < -0.3 is 10.6 Å². The van der Waals surface area contributed by atoms with Gasteiger partial charge in [-0.05, 0) is 29.5 Å². The third-order valence-corrected chi connectivity index (χ3v) is 5.14. The lowest BCUT2D eigenvalue weighted by Gasteiger charge is -2.34. The van der Waals surface area contributed by atoms with Gasteiger partial charge in [0.25, 0.3) is 0 Å². The van der Waals surface area contributed by atoms with Crippen molar-refractivity contribution >= 4 is 23.2 Å². The van der Waals surface area contributed by atoms with Crippen molar-refractivity contribution in [2.45, 2.75) is 25.4 Å². The topological polar surface area (TPSA) is 74.3 Å². The molecule has 0 saturated carbocycles. The van der Waals surface area contributed by atoms with E-state index in [0.29, 0.717) is 19.6 Å². The molecular weight excluding hydrogens is 336 g/mol. The van der Waals surface area contributed by atoms with Crippen molar-refractivity contribution in [3.8, 4) is 0 Å². The van der Waals surface area contributed by atoms with E-state index in [1.807, 2.05) is 23.6 Å². The highest BCUT2D eigenvalue weighted by Crippen LogP contribution is 2.13. The number of aromatic nitrogens is 1. The predicted molar refractivity (Wildman–Crippen MR) is 97.1 cm³/mol. The summed E-state index contributed by atoms with van der Waals surface area (Å²) in [4.78, 5) is 31.9. The van der Waals surface area contributed by atoms with Gasteiger partial charge in [-0.1, -0.05) is 12.1 Å². The van der Waals surface area contributed by atoms with Crippen LogP contribution in [0, 0.1) is 0 Å². The SMILES string of the molecule is O=C(C[C@@H]1C(=O)NCCN1Cc1cccnc1)NCCc1cccs1. The standard InChI is InChI=1S/C18H22N4O2S/c23-17(20-7-5-15-4-2-10-25-15)11-16-18(24)21-8-9-22(16)13-14-3-1-6-19-12-14/h1-4,6,10,12,16H,5,7-9,11,13H2,(H,20,23)(H,21,24)/t16-/m1/s1. The number of carbonyl (C=O) groups excluding carboxylic acids is 2. The molecule has 0 aromatic carbocycles. The fourth-order valence-corrected chi connectivity index (χ4v) is 3.64. The minimum atomic E-state index is -0.435. The van der Waals surface area contributed by atoms with E-state index in [1.165, 1.54) is 4.88 Å². The first-order chi connectivity index (χ1) is 12.2.